The number of fused-ring (bicyclic) bond motifs is 4. The van der Waals surface area contributed by atoms with E-state index in [-0.39, 0.29) is 39.8 Å². The molecule has 3 fully saturated rings. The van der Waals surface area contributed by atoms with Gasteiger partial charge < -0.3 is 5.11 Å². The highest BCUT2D eigenvalue weighted by atomic mass is 35.5. The van der Waals surface area contributed by atoms with Crippen LogP contribution in [0.25, 0.3) is 0 Å². The lowest BCUT2D eigenvalue weighted by Crippen LogP contribution is -2.60. The van der Waals surface area contributed by atoms with Gasteiger partial charge in [0.25, 0.3) is 11.8 Å². The fourth-order valence-corrected chi connectivity index (χ4v) is 8.38. The number of alkyl halides is 2. The Morgan fingerprint density at radius 2 is 1.52 bits per heavy atom. The largest absolute Gasteiger partial charge is 0.508 e. The van der Waals surface area contributed by atoms with Gasteiger partial charge in [-0.2, -0.15) is 0 Å². The van der Waals surface area contributed by atoms with Crippen molar-refractivity contribution < 1.29 is 46.2 Å². The summed E-state index contributed by atoms with van der Waals surface area (Å²) in [5, 5.41) is 9.83. The number of rotatable bonds is 4. The van der Waals surface area contributed by atoms with E-state index in [1.807, 2.05) is 0 Å². The van der Waals surface area contributed by atoms with Crippen molar-refractivity contribution in [2.45, 2.75) is 41.9 Å². The van der Waals surface area contributed by atoms with Crippen LogP contribution in [0, 0.1) is 46.8 Å². The van der Waals surface area contributed by atoms with E-state index >= 15 is 8.78 Å². The van der Waals surface area contributed by atoms with E-state index in [0.29, 0.717) is 6.42 Å². The lowest BCUT2D eigenvalue weighted by molar-refractivity contribution is -0.140. The maximum absolute atomic E-state index is 15.0. The maximum Gasteiger partial charge on any atom is 0.258 e. The number of likely N-dealkylation sites (tertiary alicyclic amines) is 1. The van der Waals surface area contributed by atoms with Crippen molar-refractivity contribution in [3.05, 3.63) is 69.5 Å². The van der Waals surface area contributed by atoms with Crippen LogP contribution in [0.2, 0.25) is 5.02 Å². The van der Waals surface area contributed by atoms with Crippen LogP contribution in [0.15, 0.2) is 29.8 Å². The predicted octanol–water partition coefficient (Wildman–Crippen LogP) is 5.71. The molecule has 6 atom stereocenters. The molecule has 4 amide bonds. The second kappa shape index (κ2) is 10.1. The minimum Gasteiger partial charge on any atom is -0.508 e. The van der Waals surface area contributed by atoms with Gasteiger partial charge in [0.05, 0.1) is 11.8 Å². The number of phenols is 1. The SMILES string of the molecule is CCCN1C(=O)[C@H]2[C@H](CC=C3[C@H]2C[C@@]2(Cl)C(=O)N(c4c(F)c(F)c(F)c(F)c4F)C(=O)[C@@]2(Cl)[C@H]3c2ccc(O)cc2Cl)C1=O. The zero-order chi connectivity index (χ0) is 32.2. The molecule has 0 spiro atoms. The zero-order valence-corrected chi connectivity index (χ0v) is 24.7. The van der Waals surface area contributed by atoms with Gasteiger partial charge in [0.15, 0.2) is 33.0 Å². The average molecular weight is 678 g/mol. The van der Waals surface area contributed by atoms with Crippen LogP contribution < -0.4 is 4.90 Å². The van der Waals surface area contributed by atoms with Crippen molar-refractivity contribution in [3.63, 3.8) is 0 Å². The molecule has 232 valence electrons. The molecule has 4 aliphatic rings. The van der Waals surface area contributed by atoms with Crippen LogP contribution in [0.1, 0.15) is 37.7 Å². The Bertz CT molecular complexity index is 1710. The lowest BCUT2D eigenvalue weighted by atomic mass is 9.56. The van der Waals surface area contributed by atoms with Crippen LogP contribution in [-0.2, 0) is 19.2 Å². The second-order valence-corrected chi connectivity index (χ2v) is 12.9. The van der Waals surface area contributed by atoms with E-state index in [2.05, 4.69) is 0 Å². The molecule has 15 heteroatoms. The van der Waals surface area contributed by atoms with E-state index in [1.54, 1.807) is 13.0 Å². The molecule has 44 heavy (non-hydrogen) atoms. The van der Waals surface area contributed by atoms with Gasteiger partial charge in [-0.1, -0.05) is 36.2 Å². The molecule has 0 unspecified atom stereocenters. The highest BCUT2D eigenvalue weighted by molar-refractivity contribution is 6.58. The summed E-state index contributed by atoms with van der Waals surface area (Å²) in [6.45, 7) is 1.89. The maximum atomic E-state index is 15.0. The molecule has 1 N–H and O–H groups in total. The summed E-state index contributed by atoms with van der Waals surface area (Å²) in [7, 11) is 0. The zero-order valence-electron chi connectivity index (χ0n) is 22.4. The average Bonchev–Trinajstić information content (AvgIpc) is 3.30. The summed E-state index contributed by atoms with van der Waals surface area (Å²) < 4.78 is 72.5. The molecule has 2 heterocycles. The Morgan fingerprint density at radius 1 is 0.909 bits per heavy atom. The van der Waals surface area contributed by atoms with Crippen molar-refractivity contribution >= 4 is 64.1 Å². The number of allylic oxidation sites excluding steroid dienone is 2. The third-order valence-corrected chi connectivity index (χ3v) is 10.8. The standard InChI is InChI=1S/C29H20Cl3F5N2O5/c1-2-7-38-24(41)13-6-5-11-14(16(13)25(38)42)9-28(31)26(43)39(23-21(36)19(34)18(33)20(35)22(23)37)27(44)29(28,32)17(11)12-4-3-10(40)8-15(12)30/h3-5,8,13-14,16-17,40H,2,6-7,9H2,1H3/t13-,14+,16-,17+,28+,29-/m0/s1. The number of amides is 4. The Balaban J connectivity index is 1.60. The number of imide groups is 2. The number of benzene rings is 2. The fraction of sp³-hybridized carbons (Fsp3) is 0.379. The molecule has 1 saturated carbocycles. The molecule has 2 aliphatic heterocycles. The normalized spacial score (nSPS) is 31.3. The summed E-state index contributed by atoms with van der Waals surface area (Å²) in [5.41, 5.74) is -1.58. The highest BCUT2D eigenvalue weighted by Gasteiger charge is 2.77. The predicted molar refractivity (Wildman–Crippen MR) is 147 cm³/mol. The number of nitrogens with zero attached hydrogens (tertiary/aromatic N) is 2. The van der Waals surface area contributed by atoms with E-state index in [0.717, 1.165) is 11.0 Å². The molecule has 2 aromatic carbocycles. The summed E-state index contributed by atoms with van der Waals surface area (Å²) in [6, 6.07) is 3.55. The first-order chi connectivity index (χ1) is 20.6. The number of phenolic OH excluding ortho intramolecular Hbond substituents is 1. The van der Waals surface area contributed by atoms with Crippen LogP contribution in [0.4, 0.5) is 27.6 Å². The fourth-order valence-electron chi connectivity index (χ4n) is 7.17. The van der Waals surface area contributed by atoms with E-state index in [9.17, 15) is 37.5 Å². The van der Waals surface area contributed by atoms with E-state index < -0.39 is 98.2 Å². The third kappa shape index (κ3) is 3.73. The lowest BCUT2D eigenvalue weighted by Gasteiger charge is -2.50. The molecular formula is C29H20Cl3F5N2O5. The number of carbonyl (C=O) groups is 4. The molecule has 7 nitrogen and oxygen atoms in total. The quantitative estimate of drug-likeness (QED) is 0.112. The third-order valence-electron chi connectivity index (χ3n) is 9.05. The van der Waals surface area contributed by atoms with Gasteiger partial charge in [0.2, 0.25) is 17.6 Å². The van der Waals surface area contributed by atoms with Gasteiger partial charge in [-0.05, 0) is 42.9 Å². The summed E-state index contributed by atoms with van der Waals surface area (Å²) in [4.78, 5) is 50.6. The van der Waals surface area contributed by atoms with Crippen molar-refractivity contribution in [1.29, 1.82) is 0 Å². The molecule has 2 saturated heterocycles. The smallest absolute Gasteiger partial charge is 0.258 e. The molecule has 0 aromatic heterocycles. The van der Waals surface area contributed by atoms with Crippen LogP contribution in [0.5, 0.6) is 5.75 Å². The Kier molecular flexibility index (Phi) is 7.10. The first-order valence-electron chi connectivity index (χ1n) is 13.4. The molecule has 0 radical (unpaired) electrons. The molecule has 2 aromatic rings. The van der Waals surface area contributed by atoms with Crippen molar-refractivity contribution in [2.24, 2.45) is 17.8 Å². The van der Waals surface area contributed by atoms with Gasteiger partial charge in [0, 0.05) is 17.5 Å². The first-order valence-corrected chi connectivity index (χ1v) is 14.6. The molecular weight excluding hydrogens is 658 g/mol. The van der Waals surface area contributed by atoms with Crippen molar-refractivity contribution in [3.8, 4) is 5.75 Å². The van der Waals surface area contributed by atoms with Gasteiger partial charge in [0.1, 0.15) is 11.4 Å². The van der Waals surface area contributed by atoms with Gasteiger partial charge in [-0.3, -0.25) is 24.1 Å². The van der Waals surface area contributed by atoms with Crippen LogP contribution in [-0.4, -0.2) is 49.9 Å². The molecule has 2 aliphatic carbocycles. The number of anilines is 1. The number of carbonyl (C=O) groups excluding carboxylic acids is 4. The van der Waals surface area contributed by atoms with Crippen LogP contribution >= 0.6 is 34.8 Å². The van der Waals surface area contributed by atoms with Gasteiger partial charge in [-0.25, -0.2) is 26.9 Å². The minimum atomic E-state index is -2.68. The summed E-state index contributed by atoms with van der Waals surface area (Å²) >= 11 is 20.5. The van der Waals surface area contributed by atoms with Crippen molar-refractivity contribution in [2.75, 3.05) is 11.4 Å². The van der Waals surface area contributed by atoms with Crippen LogP contribution in [0.3, 0.4) is 0 Å². The number of aromatic hydroxyl groups is 1. The van der Waals surface area contributed by atoms with Gasteiger partial charge >= 0.3 is 0 Å². The Hall–Kier alpha value is -3.22. The number of hydrogen-bond donors (Lipinski definition) is 1. The van der Waals surface area contributed by atoms with Gasteiger partial charge in [-0.15, -0.1) is 23.2 Å². The Morgan fingerprint density at radius 3 is 2.11 bits per heavy atom. The highest BCUT2D eigenvalue weighted by Crippen LogP contribution is 2.66. The second-order valence-electron chi connectivity index (χ2n) is 11.2. The first kappa shape index (κ1) is 30.8. The minimum absolute atomic E-state index is 0.0153. The molecule has 0 bridgehead atoms. The Labute approximate surface area is 261 Å². The van der Waals surface area contributed by atoms with E-state index in [1.165, 1.54) is 12.1 Å². The monoisotopic (exact) mass is 676 g/mol. The molecule has 6 rings (SSSR count). The number of halogens is 8. The van der Waals surface area contributed by atoms with E-state index in [4.69, 9.17) is 34.8 Å². The van der Waals surface area contributed by atoms with Crippen molar-refractivity contribution in [1.82, 2.24) is 4.90 Å². The summed E-state index contributed by atoms with van der Waals surface area (Å²) in [5.74, 6) is -21.2. The number of hydrogen-bond acceptors (Lipinski definition) is 5. The summed E-state index contributed by atoms with van der Waals surface area (Å²) in [6.07, 6.45) is 1.45. The topological polar surface area (TPSA) is 95.0 Å².